The summed E-state index contributed by atoms with van der Waals surface area (Å²) in [5, 5.41) is 7.97. The molecule has 0 aliphatic rings. The van der Waals surface area contributed by atoms with Crippen molar-refractivity contribution in [1.82, 2.24) is 15.1 Å². The number of ether oxygens (including phenoxy) is 1. The molecule has 0 fully saturated rings. The maximum atomic E-state index is 5.44. The Balaban J connectivity index is 2.61. The quantitative estimate of drug-likeness (QED) is 0.861. The topological polar surface area (TPSA) is 39.1 Å². The van der Waals surface area contributed by atoms with Gasteiger partial charge in [0.05, 0.1) is 11.8 Å². The first-order valence-electron chi connectivity index (χ1n) is 6.96. The van der Waals surface area contributed by atoms with E-state index in [2.05, 4.69) is 56.6 Å². The van der Waals surface area contributed by atoms with Crippen LogP contribution in [-0.4, -0.2) is 28.0 Å². The lowest BCUT2D eigenvalue weighted by Crippen LogP contribution is -2.35. The highest BCUT2D eigenvalue weighted by atomic mass is 16.5. The minimum atomic E-state index is -0.0950. The van der Waals surface area contributed by atoms with Crippen LogP contribution in [0.5, 0.6) is 0 Å². The van der Waals surface area contributed by atoms with E-state index in [1.807, 2.05) is 6.20 Å². The third-order valence-corrected chi connectivity index (χ3v) is 3.49. The number of methoxy groups -OCH3 is 1. The monoisotopic (exact) mass is 267 g/mol. The standard InChI is InChI=1S/C15H29N3O/c1-12-13(10-16-14(2,3)4)11-17-18(12)9-8-15(5,6)19-7/h11,16H,8-10H2,1-7H3. The molecule has 110 valence electrons. The second-order valence-electron chi connectivity index (χ2n) is 6.80. The van der Waals surface area contributed by atoms with Crippen molar-refractivity contribution in [3.8, 4) is 0 Å². The minimum Gasteiger partial charge on any atom is -0.379 e. The lowest BCUT2D eigenvalue weighted by molar-refractivity contribution is 0.0112. The molecule has 0 saturated heterocycles. The molecule has 0 bridgehead atoms. The van der Waals surface area contributed by atoms with Crippen LogP contribution >= 0.6 is 0 Å². The van der Waals surface area contributed by atoms with Gasteiger partial charge in [0.15, 0.2) is 0 Å². The van der Waals surface area contributed by atoms with Gasteiger partial charge in [-0.1, -0.05) is 0 Å². The highest BCUT2D eigenvalue weighted by molar-refractivity contribution is 5.16. The predicted molar refractivity (Wildman–Crippen MR) is 79.3 cm³/mol. The van der Waals surface area contributed by atoms with Gasteiger partial charge in [0, 0.05) is 37.0 Å². The first kappa shape index (κ1) is 16.2. The number of hydrogen-bond acceptors (Lipinski definition) is 3. The normalized spacial score (nSPS) is 13.0. The van der Waals surface area contributed by atoms with Crippen LogP contribution in [0.3, 0.4) is 0 Å². The average Bonchev–Trinajstić information content (AvgIpc) is 2.64. The smallest absolute Gasteiger partial charge is 0.0640 e. The van der Waals surface area contributed by atoms with E-state index >= 15 is 0 Å². The summed E-state index contributed by atoms with van der Waals surface area (Å²) in [6.45, 7) is 14.6. The Morgan fingerprint density at radius 1 is 1.26 bits per heavy atom. The van der Waals surface area contributed by atoms with E-state index in [0.29, 0.717) is 0 Å². The van der Waals surface area contributed by atoms with E-state index in [0.717, 1.165) is 19.5 Å². The number of aromatic nitrogens is 2. The van der Waals surface area contributed by atoms with Crippen LogP contribution in [0.4, 0.5) is 0 Å². The van der Waals surface area contributed by atoms with Gasteiger partial charge in [-0.05, 0) is 48.0 Å². The summed E-state index contributed by atoms with van der Waals surface area (Å²) < 4.78 is 7.51. The molecule has 1 aromatic rings. The third-order valence-electron chi connectivity index (χ3n) is 3.49. The van der Waals surface area contributed by atoms with E-state index < -0.39 is 0 Å². The lowest BCUT2D eigenvalue weighted by atomic mass is 10.1. The number of nitrogens with one attached hydrogen (secondary N) is 1. The maximum absolute atomic E-state index is 5.44. The molecule has 19 heavy (non-hydrogen) atoms. The van der Waals surface area contributed by atoms with Crippen LogP contribution in [-0.2, 0) is 17.8 Å². The lowest BCUT2D eigenvalue weighted by Gasteiger charge is -2.23. The number of nitrogens with zero attached hydrogens (tertiary/aromatic N) is 2. The molecular weight excluding hydrogens is 238 g/mol. The summed E-state index contributed by atoms with van der Waals surface area (Å²) in [4.78, 5) is 0. The fourth-order valence-electron chi connectivity index (χ4n) is 1.72. The van der Waals surface area contributed by atoms with Gasteiger partial charge >= 0.3 is 0 Å². The van der Waals surface area contributed by atoms with E-state index in [9.17, 15) is 0 Å². The molecule has 4 heteroatoms. The van der Waals surface area contributed by atoms with Gasteiger partial charge in [-0.15, -0.1) is 0 Å². The zero-order chi connectivity index (χ0) is 14.7. The van der Waals surface area contributed by atoms with Crippen molar-refractivity contribution in [3.05, 3.63) is 17.5 Å². The summed E-state index contributed by atoms with van der Waals surface area (Å²) in [5.74, 6) is 0. The molecule has 1 aromatic heterocycles. The highest BCUT2D eigenvalue weighted by Crippen LogP contribution is 2.16. The Labute approximate surface area is 117 Å². The fraction of sp³-hybridized carbons (Fsp3) is 0.800. The molecule has 1 rings (SSSR count). The van der Waals surface area contributed by atoms with Crippen molar-refractivity contribution in [1.29, 1.82) is 0 Å². The molecule has 0 spiro atoms. The van der Waals surface area contributed by atoms with Crippen molar-refractivity contribution in [2.24, 2.45) is 0 Å². The first-order chi connectivity index (χ1) is 8.64. The van der Waals surface area contributed by atoms with Gasteiger partial charge in [-0.2, -0.15) is 5.10 Å². The van der Waals surface area contributed by atoms with Gasteiger partial charge in [0.2, 0.25) is 0 Å². The Kier molecular flexibility index (Phi) is 5.16. The number of aryl methyl sites for hydroxylation is 1. The Morgan fingerprint density at radius 2 is 1.89 bits per heavy atom. The van der Waals surface area contributed by atoms with Crippen LogP contribution in [0.2, 0.25) is 0 Å². The summed E-state index contributed by atoms with van der Waals surface area (Å²) >= 11 is 0. The fourth-order valence-corrected chi connectivity index (χ4v) is 1.72. The van der Waals surface area contributed by atoms with E-state index in [-0.39, 0.29) is 11.1 Å². The van der Waals surface area contributed by atoms with Crippen molar-refractivity contribution in [2.45, 2.75) is 72.2 Å². The van der Waals surface area contributed by atoms with Gasteiger partial charge in [-0.3, -0.25) is 4.68 Å². The molecule has 0 amide bonds. The Hall–Kier alpha value is -0.870. The molecule has 0 unspecified atom stereocenters. The summed E-state index contributed by atoms with van der Waals surface area (Å²) in [5.41, 5.74) is 2.54. The van der Waals surface area contributed by atoms with Crippen LogP contribution in [0.1, 0.15) is 52.3 Å². The van der Waals surface area contributed by atoms with Gasteiger partial charge < -0.3 is 10.1 Å². The van der Waals surface area contributed by atoms with Gasteiger partial charge in [0.25, 0.3) is 0 Å². The Bertz CT molecular complexity index is 402. The Morgan fingerprint density at radius 3 is 2.42 bits per heavy atom. The first-order valence-corrected chi connectivity index (χ1v) is 6.96. The average molecular weight is 267 g/mol. The summed E-state index contributed by atoms with van der Waals surface area (Å²) in [6.07, 6.45) is 2.92. The van der Waals surface area contributed by atoms with Crippen molar-refractivity contribution in [2.75, 3.05) is 7.11 Å². The molecule has 0 saturated carbocycles. The van der Waals surface area contributed by atoms with E-state index in [1.54, 1.807) is 7.11 Å². The van der Waals surface area contributed by atoms with Crippen LogP contribution in [0.25, 0.3) is 0 Å². The van der Waals surface area contributed by atoms with Crippen LogP contribution < -0.4 is 5.32 Å². The molecular formula is C15H29N3O. The zero-order valence-corrected chi connectivity index (χ0v) is 13.5. The number of rotatable bonds is 6. The van der Waals surface area contributed by atoms with Crippen molar-refractivity contribution in [3.63, 3.8) is 0 Å². The van der Waals surface area contributed by atoms with Crippen LogP contribution in [0, 0.1) is 6.92 Å². The molecule has 1 heterocycles. The molecule has 1 N–H and O–H groups in total. The molecule has 0 aliphatic carbocycles. The molecule has 0 atom stereocenters. The van der Waals surface area contributed by atoms with E-state index in [1.165, 1.54) is 11.3 Å². The zero-order valence-electron chi connectivity index (χ0n) is 13.5. The van der Waals surface area contributed by atoms with E-state index in [4.69, 9.17) is 4.74 Å². The second kappa shape index (κ2) is 6.06. The minimum absolute atomic E-state index is 0.0950. The van der Waals surface area contributed by atoms with Gasteiger partial charge in [-0.25, -0.2) is 0 Å². The summed E-state index contributed by atoms with van der Waals surface area (Å²) in [7, 11) is 1.76. The SMILES string of the molecule is COC(C)(C)CCn1ncc(CNC(C)(C)C)c1C. The van der Waals surface area contributed by atoms with Gasteiger partial charge in [0.1, 0.15) is 0 Å². The molecule has 4 nitrogen and oxygen atoms in total. The number of hydrogen-bond donors (Lipinski definition) is 1. The predicted octanol–water partition coefficient (Wildman–Crippen LogP) is 2.89. The third kappa shape index (κ3) is 5.33. The van der Waals surface area contributed by atoms with Crippen molar-refractivity contribution < 1.29 is 4.74 Å². The second-order valence-corrected chi connectivity index (χ2v) is 6.80. The maximum Gasteiger partial charge on any atom is 0.0640 e. The van der Waals surface area contributed by atoms with Crippen LogP contribution in [0.15, 0.2) is 6.20 Å². The molecule has 0 radical (unpaired) electrons. The molecule has 0 aliphatic heterocycles. The highest BCUT2D eigenvalue weighted by Gasteiger charge is 2.17. The van der Waals surface area contributed by atoms with Crippen molar-refractivity contribution >= 4 is 0 Å². The summed E-state index contributed by atoms with van der Waals surface area (Å²) in [6, 6.07) is 0. The molecule has 0 aromatic carbocycles. The largest absolute Gasteiger partial charge is 0.379 e.